The molecule has 29 heavy (non-hydrogen) atoms. The van der Waals surface area contributed by atoms with Gasteiger partial charge in [-0.1, -0.05) is 30.3 Å². The summed E-state index contributed by atoms with van der Waals surface area (Å²) in [6.07, 6.45) is 1.80. The Bertz CT molecular complexity index is 790. The van der Waals surface area contributed by atoms with Crippen molar-refractivity contribution < 1.29 is 14.3 Å². The molecule has 154 valence electrons. The number of nitrogens with zero attached hydrogens (tertiary/aromatic N) is 5. The van der Waals surface area contributed by atoms with Crippen LogP contribution in [-0.4, -0.2) is 80.1 Å². The van der Waals surface area contributed by atoms with E-state index in [1.54, 1.807) is 6.20 Å². The van der Waals surface area contributed by atoms with E-state index in [-0.39, 0.29) is 12.5 Å². The van der Waals surface area contributed by atoms with Crippen LogP contribution in [0.4, 0.5) is 11.5 Å². The summed E-state index contributed by atoms with van der Waals surface area (Å²) in [6.45, 7) is 6.61. The van der Waals surface area contributed by atoms with Crippen LogP contribution in [0, 0.1) is 0 Å². The molecule has 8 nitrogen and oxygen atoms in total. The molecule has 0 aliphatic carbocycles. The Morgan fingerprint density at radius 2 is 1.76 bits per heavy atom. The van der Waals surface area contributed by atoms with Crippen molar-refractivity contribution in [3.05, 3.63) is 48.2 Å². The van der Waals surface area contributed by atoms with Crippen LogP contribution >= 0.6 is 0 Å². The number of hydrogen-bond donors (Lipinski definition) is 0. The Morgan fingerprint density at radius 1 is 1.00 bits per heavy atom. The van der Waals surface area contributed by atoms with Crippen LogP contribution in [0.5, 0.6) is 0 Å². The summed E-state index contributed by atoms with van der Waals surface area (Å²) in [4.78, 5) is 18.8. The first-order valence-electron chi connectivity index (χ1n) is 10.1. The lowest BCUT2D eigenvalue weighted by Gasteiger charge is -2.36. The zero-order valence-corrected chi connectivity index (χ0v) is 16.6. The van der Waals surface area contributed by atoms with E-state index in [1.165, 1.54) is 0 Å². The van der Waals surface area contributed by atoms with Crippen molar-refractivity contribution in [1.29, 1.82) is 0 Å². The second-order valence-electron chi connectivity index (χ2n) is 7.22. The summed E-state index contributed by atoms with van der Waals surface area (Å²) in [5.74, 6) is 0.932. The van der Waals surface area contributed by atoms with Gasteiger partial charge in [-0.3, -0.25) is 4.79 Å². The molecule has 8 heteroatoms. The number of carbonyl (C=O) groups is 1. The summed E-state index contributed by atoms with van der Waals surface area (Å²) in [5.41, 5.74) is 2.13. The minimum absolute atomic E-state index is 0.0439. The maximum Gasteiger partial charge on any atom is 0.248 e. The SMILES string of the molecule is O=C(COCc1ccccc1)N1CCN(c2cnnc(N3CCOCC3)c2)CC1. The molecule has 2 aromatic rings. The predicted molar refractivity (Wildman–Crippen MR) is 110 cm³/mol. The van der Waals surface area contributed by atoms with Crippen LogP contribution < -0.4 is 9.80 Å². The normalized spacial score (nSPS) is 17.4. The molecule has 1 amide bonds. The lowest BCUT2D eigenvalue weighted by Crippen LogP contribution is -2.49. The second-order valence-corrected chi connectivity index (χ2v) is 7.22. The fourth-order valence-corrected chi connectivity index (χ4v) is 3.60. The van der Waals surface area contributed by atoms with Gasteiger partial charge in [-0.05, 0) is 5.56 Å². The highest BCUT2D eigenvalue weighted by Crippen LogP contribution is 2.21. The van der Waals surface area contributed by atoms with Gasteiger partial charge >= 0.3 is 0 Å². The molecular weight excluding hydrogens is 370 g/mol. The van der Waals surface area contributed by atoms with Crippen molar-refractivity contribution in [3.8, 4) is 0 Å². The van der Waals surface area contributed by atoms with Crippen LogP contribution in [0.2, 0.25) is 0 Å². The van der Waals surface area contributed by atoms with Gasteiger partial charge in [0.25, 0.3) is 0 Å². The molecule has 0 N–H and O–H groups in total. The van der Waals surface area contributed by atoms with Crippen LogP contribution in [0.15, 0.2) is 42.6 Å². The Hall–Kier alpha value is -2.71. The van der Waals surface area contributed by atoms with Crippen LogP contribution in [0.1, 0.15) is 5.56 Å². The second kappa shape index (κ2) is 9.67. The van der Waals surface area contributed by atoms with Crippen molar-refractivity contribution in [2.75, 3.05) is 68.9 Å². The highest BCUT2D eigenvalue weighted by atomic mass is 16.5. The van der Waals surface area contributed by atoms with Crippen LogP contribution in [0.25, 0.3) is 0 Å². The van der Waals surface area contributed by atoms with Crippen molar-refractivity contribution in [2.24, 2.45) is 0 Å². The molecule has 4 rings (SSSR count). The van der Waals surface area contributed by atoms with Crippen molar-refractivity contribution in [2.45, 2.75) is 6.61 Å². The number of amides is 1. The molecule has 0 radical (unpaired) electrons. The first-order valence-corrected chi connectivity index (χ1v) is 10.1. The zero-order valence-electron chi connectivity index (χ0n) is 16.6. The van der Waals surface area contributed by atoms with Crippen molar-refractivity contribution in [3.63, 3.8) is 0 Å². The number of aromatic nitrogens is 2. The molecule has 1 aromatic heterocycles. The third-order valence-corrected chi connectivity index (χ3v) is 5.30. The number of ether oxygens (including phenoxy) is 2. The van der Waals surface area contributed by atoms with Crippen LogP contribution in [-0.2, 0) is 20.9 Å². The number of piperazine rings is 1. The van der Waals surface area contributed by atoms with Gasteiger partial charge in [0, 0.05) is 45.3 Å². The van der Waals surface area contributed by atoms with Gasteiger partial charge < -0.3 is 24.2 Å². The molecule has 0 saturated carbocycles. The molecule has 0 unspecified atom stereocenters. The Labute approximate surface area is 171 Å². The van der Waals surface area contributed by atoms with Gasteiger partial charge in [0.15, 0.2) is 5.82 Å². The molecule has 2 aliphatic rings. The van der Waals surface area contributed by atoms with E-state index in [4.69, 9.17) is 9.47 Å². The third kappa shape index (κ3) is 5.21. The molecule has 2 aliphatic heterocycles. The maximum atomic E-state index is 12.4. The minimum atomic E-state index is 0.0439. The Kier molecular flexibility index (Phi) is 6.53. The number of hydrogen-bond acceptors (Lipinski definition) is 7. The summed E-state index contributed by atoms with van der Waals surface area (Å²) >= 11 is 0. The largest absolute Gasteiger partial charge is 0.378 e. The molecule has 0 spiro atoms. The summed E-state index contributed by atoms with van der Waals surface area (Å²) in [5, 5.41) is 8.46. The van der Waals surface area contributed by atoms with Gasteiger partial charge in [0.1, 0.15) is 6.61 Å². The Morgan fingerprint density at radius 3 is 2.52 bits per heavy atom. The quantitative estimate of drug-likeness (QED) is 0.725. The van der Waals surface area contributed by atoms with Crippen LogP contribution in [0.3, 0.4) is 0 Å². The number of rotatable bonds is 6. The Balaban J connectivity index is 1.25. The van der Waals surface area contributed by atoms with Gasteiger partial charge in [-0.15, -0.1) is 5.10 Å². The number of anilines is 2. The van der Waals surface area contributed by atoms with Gasteiger partial charge in [0.2, 0.25) is 5.91 Å². The molecule has 0 bridgehead atoms. The fourth-order valence-electron chi connectivity index (χ4n) is 3.60. The third-order valence-electron chi connectivity index (χ3n) is 5.30. The van der Waals surface area contributed by atoms with E-state index in [0.29, 0.717) is 19.7 Å². The number of morpholine rings is 1. The smallest absolute Gasteiger partial charge is 0.248 e. The first kappa shape index (κ1) is 19.6. The van der Waals surface area contributed by atoms with E-state index >= 15 is 0 Å². The summed E-state index contributed by atoms with van der Waals surface area (Å²) < 4.78 is 11.0. The van der Waals surface area contributed by atoms with Gasteiger partial charge in [-0.2, -0.15) is 5.10 Å². The van der Waals surface area contributed by atoms with Gasteiger partial charge in [-0.25, -0.2) is 0 Å². The maximum absolute atomic E-state index is 12.4. The van der Waals surface area contributed by atoms with Crippen molar-refractivity contribution in [1.82, 2.24) is 15.1 Å². The first-order chi connectivity index (χ1) is 14.3. The monoisotopic (exact) mass is 397 g/mol. The molecule has 0 atom stereocenters. The highest BCUT2D eigenvalue weighted by Gasteiger charge is 2.22. The van der Waals surface area contributed by atoms with E-state index in [1.807, 2.05) is 35.2 Å². The van der Waals surface area contributed by atoms with Gasteiger partial charge in [0.05, 0.1) is 31.7 Å². The molecule has 2 fully saturated rings. The average molecular weight is 397 g/mol. The van der Waals surface area contributed by atoms with E-state index in [9.17, 15) is 4.79 Å². The summed E-state index contributed by atoms with van der Waals surface area (Å²) in [7, 11) is 0. The fraction of sp³-hybridized carbons (Fsp3) is 0.476. The number of carbonyl (C=O) groups excluding carboxylic acids is 1. The molecule has 1 aromatic carbocycles. The minimum Gasteiger partial charge on any atom is -0.378 e. The average Bonchev–Trinajstić information content (AvgIpc) is 2.80. The molecule has 2 saturated heterocycles. The van der Waals surface area contributed by atoms with E-state index < -0.39 is 0 Å². The van der Waals surface area contributed by atoms with E-state index in [0.717, 1.165) is 56.5 Å². The topological polar surface area (TPSA) is 71.0 Å². The molecule has 3 heterocycles. The van der Waals surface area contributed by atoms with Crippen molar-refractivity contribution >= 4 is 17.4 Å². The standard InChI is InChI=1S/C21H27N5O3/c27-21(17-29-16-18-4-2-1-3-5-18)26-8-6-24(7-9-26)19-14-20(23-22-15-19)25-10-12-28-13-11-25/h1-5,14-15H,6-13,16-17H2. The predicted octanol–water partition coefficient (Wildman–Crippen LogP) is 1.18. The zero-order chi connectivity index (χ0) is 19.9. The van der Waals surface area contributed by atoms with E-state index in [2.05, 4.69) is 26.1 Å². The highest BCUT2D eigenvalue weighted by molar-refractivity contribution is 5.77. The lowest BCUT2D eigenvalue weighted by molar-refractivity contribution is -0.136. The lowest BCUT2D eigenvalue weighted by atomic mass is 10.2. The number of benzene rings is 1. The summed E-state index contributed by atoms with van der Waals surface area (Å²) in [6, 6.07) is 12.0. The molecular formula is C21H27N5O3.